The number of fused-ring (bicyclic) bond motifs is 4. The third-order valence-electron chi connectivity index (χ3n) is 6.98. The van der Waals surface area contributed by atoms with E-state index in [0.717, 1.165) is 11.1 Å². The standard InChI is InChI=1S/C22H22N2O6/c1-2-30-15-7-9(3-6-14(15)25)16-10-4-5-11-17(21(28)23-19(11)26)12(10)8-13-18(16)22(29)24-20(13)27/h3-4,6-7,11-13,16-18,25H,2,5,8H2,1H3,(H,23,26,28)(H,24,27,29)/t11-,12+,13+,16-,17-,18+/m0/s1. The maximum absolute atomic E-state index is 12.7. The van der Waals surface area contributed by atoms with Crippen LogP contribution >= 0.6 is 0 Å². The van der Waals surface area contributed by atoms with Crippen molar-refractivity contribution in [1.29, 1.82) is 0 Å². The zero-order chi connectivity index (χ0) is 21.2. The fraction of sp³-hybridized carbons (Fsp3) is 0.455. The number of nitrogens with one attached hydrogen (secondary N) is 2. The van der Waals surface area contributed by atoms with Gasteiger partial charge in [-0.2, -0.15) is 0 Å². The Kier molecular flexibility index (Phi) is 4.20. The number of hydrogen-bond donors (Lipinski definition) is 3. The van der Waals surface area contributed by atoms with Gasteiger partial charge in [0.1, 0.15) is 0 Å². The minimum Gasteiger partial charge on any atom is -0.504 e. The monoisotopic (exact) mass is 410 g/mol. The first kappa shape index (κ1) is 18.8. The van der Waals surface area contributed by atoms with Crippen LogP contribution in [-0.2, 0) is 19.2 Å². The summed E-state index contributed by atoms with van der Waals surface area (Å²) in [6.45, 7) is 2.17. The van der Waals surface area contributed by atoms with Gasteiger partial charge < -0.3 is 9.84 Å². The number of benzene rings is 1. The molecule has 4 amide bonds. The predicted molar refractivity (Wildman–Crippen MR) is 103 cm³/mol. The number of amides is 4. The van der Waals surface area contributed by atoms with E-state index in [1.54, 1.807) is 19.1 Å². The van der Waals surface area contributed by atoms with Gasteiger partial charge in [-0.3, -0.25) is 29.8 Å². The molecule has 2 aliphatic carbocycles. The molecule has 8 nitrogen and oxygen atoms in total. The number of carbonyl (C=O) groups is 4. The fourth-order valence-corrected chi connectivity index (χ4v) is 5.78. The highest BCUT2D eigenvalue weighted by molar-refractivity contribution is 6.07. The summed E-state index contributed by atoms with van der Waals surface area (Å²) in [4.78, 5) is 50.0. The van der Waals surface area contributed by atoms with Crippen molar-refractivity contribution in [2.24, 2.45) is 29.6 Å². The van der Waals surface area contributed by atoms with Crippen LogP contribution in [-0.4, -0.2) is 35.3 Å². The minimum absolute atomic E-state index is 0.00471. The summed E-state index contributed by atoms with van der Waals surface area (Å²) in [5.74, 6) is -3.73. The molecule has 2 saturated heterocycles. The average molecular weight is 410 g/mol. The number of phenolic OH excluding ortho intramolecular Hbond substituents is 1. The van der Waals surface area contributed by atoms with Gasteiger partial charge in [0.2, 0.25) is 23.6 Å². The second-order valence-electron chi connectivity index (χ2n) is 8.39. The van der Waals surface area contributed by atoms with Crippen molar-refractivity contribution in [2.75, 3.05) is 6.61 Å². The highest BCUT2D eigenvalue weighted by Gasteiger charge is 2.58. The summed E-state index contributed by atoms with van der Waals surface area (Å²) < 4.78 is 5.52. The van der Waals surface area contributed by atoms with E-state index < -0.39 is 29.6 Å². The van der Waals surface area contributed by atoms with Gasteiger partial charge in [-0.1, -0.05) is 17.7 Å². The topological polar surface area (TPSA) is 122 Å². The van der Waals surface area contributed by atoms with Gasteiger partial charge in [0.15, 0.2) is 11.5 Å². The van der Waals surface area contributed by atoms with Crippen molar-refractivity contribution in [3.63, 3.8) is 0 Å². The van der Waals surface area contributed by atoms with Gasteiger partial charge in [0, 0.05) is 5.92 Å². The number of rotatable bonds is 3. The molecule has 1 aromatic rings. The summed E-state index contributed by atoms with van der Waals surface area (Å²) in [5.41, 5.74) is 1.66. The molecule has 0 bridgehead atoms. The molecule has 8 heteroatoms. The Hall–Kier alpha value is -3.16. The van der Waals surface area contributed by atoms with E-state index >= 15 is 0 Å². The smallest absolute Gasteiger partial charge is 0.231 e. The first-order chi connectivity index (χ1) is 14.4. The number of carbonyl (C=O) groups excluding carboxylic acids is 4. The van der Waals surface area contributed by atoms with Crippen molar-refractivity contribution in [3.05, 3.63) is 35.4 Å². The molecule has 4 aliphatic rings. The van der Waals surface area contributed by atoms with Crippen molar-refractivity contribution in [3.8, 4) is 11.5 Å². The van der Waals surface area contributed by atoms with Gasteiger partial charge in [-0.05, 0) is 43.4 Å². The Morgan fingerprint density at radius 2 is 1.67 bits per heavy atom. The third-order valence-corrected chi connectivity index (χ3v) is 6.98. The Morgan fingerprint density at radius 1 is 0.967 bits per heavy atom. The maximum atomic E-state index is 12.7. The number of allylic oxidation sites excluding steroid dienone is 2. The van der Waals surface area contributed by atoms with Crippen LogP contribution in [0.15, 0.2) is 29.8 Å². The Morgan fingerprint density at radius 3 is 2.40 bits per heavy atom. The van der Waals surface area contributed by atoms with Gasteiger partial charge in [0.25, 0.3) is 0 Å². The molecule has 6 atom stereocenters. The molecule has 30 heavy (non-hydrogen) atoms. The lowest BCUT2D eigenvalue weighted by Gasteiger charge is -2.44. The van der Waals surface area contributed by atoms with Gasteiger partial charge in [-0.25, -0.2) is 0 Å². The van der Waals surface area contributed by atoms with E-state index in [2.05, 4.69) is 10.6 Å². The van der Waals surface area contributed by atoms with Crippen LogP contribution in [0.25, 0.3) is 0 Å². The van der Waals surface area contributed by atoms with E-state index in [1.165, 1.54) is 6.07 Å². The minimum atomic E-state index is -0.587. The lowest BCUT2D eigenvalue weighted by atomic mass is 9.57. The number of phenols is 1. The lowest BCUT2D eigenvalue weighted by Crippen LogP contribution is -2.42. The van der Waals surface area contributed by atoms with Crippen LogP contribution in [0.2, 0.25) is 0 Å². The normalized spacial score (nSPS) is 34.5. The molecule has 5 rings (SSSR count). The predicted octanol–water partition coefficient (Wildman–Crippen LogP) is 1.00. The van der Waals surface area contributed by atoms with Crippen LogP contribution < -0.4 is 15.4 Å². The Balaban J connectivity index is 1.64. The number of ether oxygens (including phenoxy) is 1. The first-order valence-corrected chi connectivity index (χ1v) is 10.3. The van der Waals surface area contributed by atoms with Crippen LogP contribution in [0.1, 0.15) is 31.2 Å². The third kappa shape index (κ3) is 2.59. The number of imide groups is 2. The van der Waals surface area contributed by atoms with E-state index in [-0.39, 0.29) is 35.3 Å². The molecule has 0 aromatic heterocycles. The summed E-state index contributed by atoms with van der Waals surface area (Å²) >= 11 is 0. The molecule has 1 saturated carbocycles. The molecule has 2 aliphatic heterocycles. The van der Waals surface area contributed by atoms with Crippen molar-refractivity contribution in [1.82, 2.24) is 10.6 Å². The van der Waals surface area contributed by atoms with Crippen LogP contribution in [0.5, 0.6) is 11.5 Å². The molecular weight excluding hydrogens is 388 g/mol. The van der Waals surface area contributed by atoms with Crippen LogP contribution in [0.3, 0.4) is 0 Å². The maximum Gasteiger partial charge on any atom is 0.231 e. The lowest BCUT2D eigenvalue weighted by molar-refractivity contribution is -0.128. The highest BCUT2D eigenvalue weighted by atomic mass is 16.5. The first-order valence-electron chi connectivity index (χ1n) is 10.3. The summed E-state index contributed by atoms with van der Waals surface area (Å²) in [7, 11) is 0. The molecule has 3 fully saturated rings. The van der Waals surface area contributed by atoms with E-state index in [0.29, 0.717) is 25.2 Å². The second kappa shape index (κ2) is 6.68. The molecule has 0 radical (unpaired) electrons. The quantitative estimate of drug-likeness (QED) is 0.505. The molecule has 0 spiro atoms. The van der Waals surface area contributed by atoms with Gasteiger partial charge in [-0.15, -0.1) is 0 Å². The number of aromatic hydroxyl groups is 1. The molecule has 1 aromatic carbocycles. The van der Waals surface area contributed by atoms with Crippen LogP contribution in [0.4, 0.5) is 0 Å². The summed E-state index contributed by atoms with van der Waals surface area (Å²) in [5, 5.41) is 15.0. The van der Waals surface area contributed by atoms with Gasteiger partial charge >= 0.3 is 0 Å². The Bertz CT molecular complexity index is 1010. The zero-order valence-corrected chi connectivity index (χ0v) is 16.4. The average Bonchev–Trinajstić information content (AvgIpc) is 3.17. The van der Waals surface area contributed by atoms with Crippen molar-refractivity contribution >= 4 is 23.6 Å². The summed E-state index contributed by atoms with van der Waals surface area (Å²) in [6, 6.07) is 4.95. The van der Waals surface area contributed by atoms with Crippen molar-refractivity contribution < 1.29 is 29.0 Å². The zero-order valence-electron chi connectivity index (χ0n) is 16.4. The molecule has 156 valence electrons. The van der Waals surface area contributed by atoms with Crippen LogP contribution in [0, 0.1) is 29.6 Å². The van der Waals surface area contributed by atoms with Gasteiger partial charge in [0.05, 0.1) is 30.3 Å². The van der Waals surface area contributed by atoms with E-state index in [4.69, 9.17) is 4.74 Å². The molecule has 2 heterocycles. The SMILES string of the molecule is CCOc1cc([C@H]2C3=CC[C@@H]4C(=O)NC(=O)[C@@H]4[C@@H]3C[C@H]3C(=O)NC(=O)[C@@H]23)ccc1O. The fourth-order valence-electron chi connectivity index (χ4n) is 5.78. The molecule has 0 unspecified atom stereocenters. The molecule has 3 N–H and O–H groups in total. The van der Waals surface area contributed by atoms with E-state index in [9.17, 15) is 24.3 Å². The Labute approximate surface area is 172 Å². The number of hydrogen-bond acceptors (Lipinski definition) is 6. The second-order valence-corrected chi connectivity index (χ2v) is 8.39. The van der Waals surface area contributed by atoms with Crippen molar-refractivity contribution in [2.45, 2.75) is 25.7 Å². The molecular formula is C22H22N2O6. The largest absolute Gasteiger partial charge is 0.504 e. The summed E-state index contributed by atoms with van der Waals surface area (Å²) in [6.07, 6.45) is 2.75. The highest BCUT2D eigenvalue weighted by Crippen LogP contribution is 2.56. The van der Waals surface area contributed by atoms with E-state index in [1.807, 2.05) is 6.08 Å².